The van der Waals surface area contributed by atoms with Gasteiger partial charge in [0.2, 0.25) is 10.1 Å². The van der Waals surface area contributed by atoms with E-state index in [2.05, 4.69) is 11.7 Å². The minimum atomic E-state index is -3.85. The fraction of sp³-hybridized carbons (Fsp3) is 0.545. The fourth-order valence-electron chi connectivity index (χ4n) is 0.463. The van der Waals surface area contributed by atoms with Gasteiger partial charge in [0.25, 0.3) is 0 Å². The molecule has 2 unspecified atom stereocenters. The second kappa shape index (κ2) is 12.3. The van der Waals surface area contributed by atoms with Crippen molar-refractivity contribution in [1.82, 2.24) is 0 Å². The van der Waals surface area contributed by atoms with E-state index in [9.17, 15) is 18.0 Å². The second-order valence-electron chi connectivity index (χ2n) is 3.69. The zero-order chi connectivity index (χ0) is 15.6. The number of allylic oxidation sites excluding steroid dienone is 1. The maximum Gasteiger partial charge on any atom is 1.00 e. The van der Waals surface area contributed by atoms with Crippen molar-refractivity contribution in [3.05, 3.63) is 19.1 Å². The van der Waals surface area contributed by atoms with Gasteiger partial charge < -0.3 is 16.8 Å². The van der Waals surface area contributed by atoms with Crippen molar-refractivity contribution in [2.45, 2.75) is 26.0 Å². The second-order valence-corrected chi connectivity index (χ2v) is 5.53. The number of carboxylic acids is 1. The molecule has 0 rings (SSSR count). The molecule has 0 saturated heterocycles. The van der Waals surface area contributed by atoms with Crippen LogP contribution in [0.2, 0.25) is 0 Å². The van der Waals surface area contributed by atoms with Gasteiger partial charge in [0.05, 0.1) is 5.92 Å². The van der Waals surface area contributed by atoms with Crippen molar-refractivity contribution in [2.75, 3.05) is 6.61 Å². The largest absolute Gasteiger partial charge is 1.00 e. The van der Waals surface area contributed by atoms with Crippen LogP contribution in [0.1, 0.15) is 20.8 Å². The Labute approximate surface area is 141 Å². The standard InChI is InChI=1S/C8H12O4.C3H7O3S.Na/c1-3-4-7(9)12-5-6(2)8(10)11;1-3(2)7(4,5)6;/h3-4,6H,5H2,1-2H3,(H,10,11);3H,1H2,2H3,(H,4,5,6);/q;-1;+1. The Bertz CT molecular complexity index is 414. The molecule has 2 N–H and O–H groups in total. The van der Waals surface area contributed by atoms with Gasteiger partial charge in [0.1, 0.15) is 6.61 Å². The van der Waals surface area contributed by atoms with Gasteiger partial charge in [-0.3, -0.25) is 9.35 Å². The quantitative estimate of drug-likeness (QED) is 0.196. The minimum absolute atomic E-state index is 0. The third-order valence-electron chi connectivity index (χ3n) is 1.71. The van der Waals surface area contributed by atoms with Crippen LogP contribution >= 0.6 is 0 Å². The Kier molecular flexibility index (Phi) is 15.2. The van der Waals surface area contributed by atoms with E-state index >= 15 is 0 Å². The zero-order valence-corrected chi connectivity index (χ0v) is 14.9. The molecule has 0 aliphatic rings. The summed E-state index contributed by atoms with van der Waals surface area (Å²) in [6.07, 6.45) is 2.78. The van der Waals surface area contributed by atoms with Gasteiger partial charge in [-0.2, -0.15) is 0 Å². The van der Waals surface area contributed by atoms with Crippen molar-refractivity contribution >= 4 is 22.1 Å². The van der Waals surface area contributed by atoms with E-state index < -0.39 is 33.2 Å². The molecule has 7 nitrogen and oxygen atoms in total. The summed E-state index contributed by atoms with van der Waals surface area (Å²) in [4.78, 5) is 20.9. The zero-order valence-electron chi connectivity index (χ0n) is 12.1. The van der Waals surface area contributed by atoms with Gasteiger partial charge >= 0.3 is 41.5 Å². The van der Waals surface area contributed by atoms with Crippen molar-refractivity contribution in [1.29, 1.82) is 0 Å². The third-order valence-corrected chi connectivity index (χ3v) is 2.73. The van der Waals surface area contributed by atoms with E-state index in [-0.39, 0.29) is 36.2 Å². The summed E-state index contributed by atoms with van der Waals surface area (Å²) in [5, 5.41) is 7.49. The SMILES string of the molecule is CC=CC(=O)OCC(C)C(=O)O.[CH2-]C(C)S(=O)(=O)O.[Na+]. The van der Waals surface area contributed by atoms with Gasteiger partial charge in [-0.1, -0.05) is 13.0 Å². The number of rotatable bonds is 5. The van der Waals surface area contributed by atoms with Crippen molar-refractivity contribution in [3.8, 4) is 0 Å². The summed E-state index contributed by atoms with van der Waals surface area (Å²) >= 11 is 0. The molecule has 0 heterocycles. The van der Waals surface area contributed by atoms with Gasteiger partial charge in [-0.25, -0.2) is 13.2 Å². The molecule has 20 heavy (non-hydrogen) atoms. The van der Waals surface area contributed by atoms with Gasteiger partial charge in [0, 0.05) is 6.08 Å². The van der Waals surface area contributed by atoms with Gasteiger partial charge in [-0.05, 0) is 19.1 Å². The molecule has 0 aromatic carbocycles. The maximum atomic E-state index is 10.7. The monoisotopic (exact) mass is 318 g/mol. The Balaban J connectivity index is -0.000000312. The average Bonchev–Trinajstić information content (AvgIpc) is 2.25. The van der Waals surface area contributed by atoms with E-state index in [1.165, 1.54) is 26.0 Å². The molecule has 0 aromatic heterocycles. The number of esters is 1. The Hall–Kier alpha value is -0.410. The molecular weight excluding hydrogens is 299 g/mol. The molecule has 0 radical (unpaired) electrons. The Morgan fingerprint density at radius 2 is 1.75 bits per heavy atom. The number of carboxylic acid groups (broad SMARTS) is 1. The van der Waals surface area contributed by atoms with Crippen LogP contribution in [0.15, 0.2) is 12.2 Å². The predicted octanol–water partition coefficient (Wildman–Crippen LogP) is -2.07. The summed E-state index contributed by atoms with van der Waals surface area (Å²) in [6.45, 7) is 7.45. The van der Waals surface area contributed by atoms with Crippen molar-refractivity contribution < 1.29 is 62.0 Å². The van der Waals surface area contributed by atoms with Crippen LogP contribution < -0.4 is 29.6 Å². The van der Waals surface area contributed by atoms with E-state index in [4.69, 9.17) is 9.66 Å². The van der Waals surface area contributed by atoms with Crippen LogP contribution in [-0.4, -0.2) is 41.9 Å². The van der Waals surface area contributed by atoms with E-state index in [0.717, 1.165) is 0 Å². The molecular formula is C11H19NaO7S. The first-order valence-corrected chi connectivity index (χ1v) is 6.84. The molecule has 0 amide bonds. The summed E-state index contributed by atoms with van der Waals surface area (Å²) < 4.78 is 32.3. The smallest absolute Gasteiger partial charge is 0.481 e. The van der Waals surface area contributed by atoms with E-state index in [1.54, 1.807) is 6.92 Å². The van der Waals surface area contributed by atoms with E-state index in [0.29, 0.717) is 0 Å². The van der Waals surface area contributed by atoms with Crippen LogP contribution in [0, 0.1) is 12.8 Å². The average molecular weight is 318 g/mol. The summed E-state index contributed by atoms with van der Waals surface area (Å²) in [6, 6.07) is 0. The van der Waals surface area contributed by atoms with Gasteiger partial charge in [-0.15, -0.1) is 0 Å². The number of ether oxygens (including phenoxy) is 1. The predicted molar refractivity (Wildman–Crippen MR) is 68.9 cm³/mol. The number of hydrogen-bond acceptors (Lipinski definition) is 5. The molecule has 9 heteroatoms. The van der Waals surface area contributed by atoms with Crippen LogP contribution in [0.5, 0.6) is 0 Å². The third kappa shape index (κ3) is 15.6. The Morgan fingerprint density at radius 3 is 2.00 bits per heavy atom. The van der Waals surface area contributed by atoms with Crippen molar-refractivity contribution in [3.63, 3.8) is 0 Å². The van der Waals surface area contributed by atoms with Crippen LogP contribution in [0.25, 0.3) is 0 Å². The molecule has 0 saturated carbocycles. The van der Waals surface area contributed by atoms with Gasteiger partial charge in [0.15, 0.2) is 0 Å². The molecule has 0 spiro atoms. The first-order valence-electron chi connectivity index (χ1n) is 5.34. The summed E-state index contributed by atoms with van der Waals surface area (Å²) in [7, 11) is -3.85. The van der Waals surface area contributed by atoms with Crippen LogP contribution in [-0.2, 0) is 24.4 Å². The molecule has 112 valence electrons. The maximum absolute atomic E-state index is 10.7. The molecule has 0 bridgehead atoms. The molecule has 0 fully saturated rings. The first kappa shape index (κ1) is 24.6. The van der Waals surface area contributed by atoms with Crippen LogP contribution in [0.3, 0.4) is 0 Å². The first-order chi connectivity index (χ1) is 8.52. The Morgan fingerprint density at radius 1 is 1.35 bits per heavy atom. The molecule has 2 atom stereocenters. The van der Waals surface area contributed by atoms with Crippen molar-refractivity contribution in [2.24, 2.45) is 5.92 Å². The number of carbonyl (C=O) groups is 2. The number of carbonyl (C=O) groups excluding carboxylic acids is 1. The normalized spacial score (nSPS) is 13.4. The molecule has 0 aliphatic carbocycles. The van der Waals surface area contributed by atoms with E-state index in [1.807, 2.05) is 0 Å². The molecule has 0 aliphatic heterocycles. The fourth-order valence-corrected chi connectivity index (χ4v) is 0.463. The number of hydrogen-bond donors (Lipinski definition) is 2. The summed E-state index contributed by atoms with van der Waals surface area (Å²) in [5.74, 6) is -2.13. The molecule has 0 aromatic rings. The topological polar surface area (TPSA) is 118 Å². The van der Waals surface area contributed by atoms with Crippen LogP contribution in [0.4, 0.5) is 0 Å². The summed E-state index contributed by atoms with van der Waals surface area (Å²) in [5.41, 5.74) is 0. The minimum Gasteiger partial charge on any atom is -0.481 e. The number of aliphatic carboxylic acids is 1.